The van der Waals surface area contributed by atoms with Gasteiger partial charge in [0.2, 0.25) is 5.91 Å². The van der Waals surface area contributed by atoms with Gasteiger partial charge in [-0.15, -0.1) is 0 Å². The van der Waals surface area contributed by atoms with E-state index in [-0.39, 0.29) is 36.8 Å². The largest absolute Gasteiger partial charge is 0.396 e. The van der Waals surface area contributed by atoms with Crippen LogP contribution in [0.3, 0.4) is 0 Å². The molecule has 0 radical (unpaired) electrons. The van der Waals surface area contributed by atoms with Gasteiger partial charge in [-0.3, -0.25) is 4.79 Å². The molecule has 4 rings (SSSR count). The average Bonchev–Trinajstić information content (AvgIpc) is 3.31. The van der Waals surface area contributed by atoms with Crippen LogP contribution in [-0.2, 0) is 20.8 Å². The molecule has 8 unspecified atom stereocenters. The summed E-state index contributed by atoms with van der Waals surface area (Å²) in [6, 6.07) is 0.172. The minimum absolute atomic E-state index is 0.0677. The number of methoxy groups -OCH3 is 2. The predicted octanol–water partition coefficient (Wildman–Crippen LogP) is 3.06. The second-order valence-electron chi connectivity index (χ2n) is 11.7. The van der Waals surface area contributed by atoms with E-state index in [2.05, 4.69) is 27.1 Å². The second kappa shape index (κ2) is 12.9. The monoisotopic (exact) mass is 504 g/mol. The van der Waals surface area contributed by atoms with Crippen molar-refractivity contribution in [3.8, 4) is 0 Å². The smallest absolute Gasteiger partial charge is 0.237 e. The van der Waals surface area contributed by atoms with Crippen LogP contribution < -0.4 is 10.6 Å². The summed E-state index contributed by atoms with van der Waals surface area (Å²) in [7, 11) is 3.54. The molecule has 3 N–H and O–H groups in total. The summed E-state index contributed by atoms with van der Waals surface area (Å²) in [5.74, 6) is 2.79. The van der Waals surface area contributed by atoms with Crippen molar-refractivity contribution in [2.45, 2.75) is 109 Å². The molecule has 1 amide bonds. The fourth-order valence-electron chi connectivity index (χ4n) is 7.08. The number of nitrogens with one attached hydrogen (secondary N) is 2. The minimum atomic E-state index is -0.199. The molecular formula is C28H48N4O4. The Kier molecular flexibility index (Phi) is 9.84. The minimum Gasteiger partial charge on any atom is -0.396 e. The topological polar surface area (TPSA) is 97.6 Å². The number of carbonyl (C=O) groups is 1. The zero-order valence-electron chi connectivity index (χ0n) is 22.7. The highest BCUT2D eigenvalue weighted by molar-refractivity contribution is 5.82. The lowest BCUT2D eigenvalue weighted by molar-refractivity contribution is -0.126. The van der Waals surface area contributed by atoms with E-state index in [9.17, 15) is 9.90 Å². The molecule has 2 aliphatic carbocycles. The Bertz CT molecular complexity index is 820. The van der Waals surface area contributed by atoms with Gasteiger partial charge < -0.3 is 29.8 Å². The standard InChI is InChI=1S/C28H48N4O4/c1-18(23-13-24(35-3)15-25(14-23)36-4)30-28(34)27-12-21(16-32-9-8-29-19(32)2)11-26(31-27)22-7-5-6-20(10-22)17-33/h8-9,18,20-27,31,33H,5-7,10-17H2,1-4H3,(H,30,34). The van der Waals surface area contributed by atoms with Gasteiger partial charge in [0.05, 0.1) is 18.2 Å². The van der Waals surface area contributed by atoms with E-state index in [0.29, 0.717) is 29.7 Å². The number of rotatable bonds is 9. The molecule has 1 aromatic rings. The first kappa shape index (κ1) is 27.6. The fraction of sp³-hybridized carbons (Fsp3) is 0.857. The molecule has 0 spiro atoms. The first-order valence-corrected chi connectivity index (χ1v) is 14.1. The lowest BCUT2D eigenvalue weighted by Gasteiger charge is -2.43. The summed E-state index contributed by atoms with van der Waals surface area (Å²) >= 11 is 0. The Morgan fingerprint density at radius 2 is 1.89 bits per heavy atom. The van der Waals surface area contributed by atoms with E-state index in [1.54, 1.807) is 14.2 Å². The second-order valence-corrected chi connectivity index (χ2v) is 11.7. The van der Waals surface area contributed by atoms with Gasteiger partial charge in [0, 0.05) is 51.8 Å². The van der Waals surface area contributed by atoms with Crippen LogP contribution in [0, 0.1) is 30.6 Å². The highest BCUT2D eigenvalue weighted by Gasteiger charge is 2.39. The van der Waals surface area contributed by atoms with Crippen LogP contribution in [0.25, 0.3) is 0 Å². The van der Waals surface area contributed by atoms with Crippen LogP contribution in [0.4, 0.5) is 0 Å². The van der Waals surface area contributed by atoms with Crippen LogP contribution in [0.15, 0.2) is 12.4 Å². The van der Waals surface area contributed by atoms with Crippen LogP contribution in [-0.4, -0.2) is 71.7 Å². The number of aryl methyl sites for hydroxylation is 1. The maximum absolute atomic E-state index is 13.6. The highest BCUT2D eigenvalue weighted by atomic mass is 16.5. The van der Waals surface area contributed by atoms with Crippen molar-refractivity contribution in [3.05, 3.63) is 18.2 Å². The molecule has 204 valence electrons. The van der Waals surface area contributed by atoms with Crippen LogP contribution in [0.5, 0.6) is 0 Å². The Hall–Kier alpha value is -1.48. The molecule has 36 heavy (non-hydrogen) atoms. The molecule has 3 fully saturated rings. The summed E-state index contributed by atoms with van der Waals surface area (Å²) in [6.45, 7) is 5.34. The molecular weight excluding hydrogens is 456 g/mol. The molecule has 3 aliphatic rings. The van der Waals surface area contributed by atoms with Crippen molar-refractivity contribution in [2.24, 2.45) is 23.7 Å². The van der Waals surface area contributed by atoms with Gasteiger partial charge in [-0.05, 0) is 88.9 Å². The van der Waals surface area contributed by atoms with Crippen molar-refractivity contribution < 1.29 is 19.4 Å². The Morgan fingerprint density at radius 3 is 2.53 bits per heavy atom. The number of hydrogen-bond acceptors (Lipinski definition) is 6. The van der Waals surface area contributed by atoms with Gasteiger partial charge in [-0.2, -0.15) is 0 Å². The van der Waals surface area contributed by atoms with Crippen molar-refractivity contribution in [1.29, 1.82) is 0 Å². The summed E-state index contributed by atoms with van der Waals surface area (Å²) in [4.78, 5) is 18.0. The van der Waals surface area contributed by atoms with Gasteiger partial charge >= 0.3 is 0 Å². The number of amides is 1. The van der Waals surface area contributed by atoms with Crippen LogP contribution >= 0.6 is 0 Å². The van der Waals surface area contributed by atoms with Crippen LogP contribution in [0.1, 0.15) is 70.5 Å². The first-order valence-electron chi connectivity index (χ1n) is 14.1. The summed E-state index contributed by atoms with van der Waals surface area (Å²) in [5, 5.41) is 16.9. The number of aromatic nitrogens is 2. The van der Waals surface area contributed by atoms with E-state index in [4.69, 9.17) is 9.47 Å². The molecule has 1 saturated heterocycles. The Balaban J connectivity index is 1.43. The molecule has 2 heterocycles. The van der Waals surface area contributed by atoms with Crippen molar-refractivity contribution in [3.63, 3.8) is 0 Å². The maximum atomic E-state index is 13.6. The third kappa shape index (κ3) is 6.88. The molecule has 1 aliphatic heterocycles. The molecule has 1 aromatic heterocycles. The number of piperidine rings is 1. The SMILES string of the molecule is COC1CC(OC)CC(C(C)NC(=O)C2CC(Cn3ccnc3C)CC(C3CCCC(CO)C3)N2)C1. The quantitative estimate of drug-likeness (QED) is 0.478. The maximum Gasteiger partial charge on any atom is 0.237 e. The Labute approximate surface area is 216 Å². The number of carbonyl (C=O) groups excluding carboxylic acids is 1. The molecule has 2 saturated carbocycles. The molecule has 0 aromatic carbocycles. The van der Waals surface area contributed by atoms with E-state index in [1.807, 2.05) is 19.3 Å². The van der Waals surface area contributed by atoms with Gasteiger partial charge in [-0.25, -0.2) is 4.98 Å². The third-order valence-electron chi connectivity index (χ3n) is 9.32. The van der Waals surface area contributed by atoms with Crippen LogP contribution in [0.2, 0.25) is 0 Å². The summed E-state index contributed by atoms with van der Waals surface area (Å²) < 4.78 is 13.6. The van der Waals surface area contributed by atoms with Gasteiger partial charge in [0.25, 0.3) is 0 Å². The number of aliphatic hydroxyl groups is 1. The lowest BCUT2D eigenvalue weighted by Crippen LogP contribution is -2.58. The van der Waals surface area contributed by atoms with Crippen molar-refractivity contribution >= 4 is 5.91 Å². The number of imidazole rings is 1. The number of aliphatic hydroxyl groups excluding tert-OH is 1. The summed E-state index contributed by atoms with van der Waals surface area (Å²) in [5.41, 5.74) is 0. The highest BCUT2D eigenvalue weighted by Crippen LogP contribution is 2.36. The molecule has 8 nitrogen and oxygen atoms in total. The number of nitrogens with zero attached hydrogens (tertiary/aromatic N) is 2. The summed E-state index contributed by atoms with van der Waals surface area (Å²) in [6.07, 6.45) is 13.5. The van der Waals surface area contributed by atoms with Crippen molar-refractivity contribution in [2.75, 3.05) is 20.8 Å². The van der Waals surface area contributed by atoms with Gasteiger partial charge in [0.1, 0.15) is 5.82 Å². The molecule has 8 atom stereocenters. The van der Waals surface area contributed by atoms with E-state index in [0.717, 1.165) is 63.7 Å². The van der Waals surface area contributed by atoms with E-state index in [1.165, 1.54) is 6.42 Å². The fourth-order valence-corrected chi connectivity index (χ4v) is 7.08. The van der Waals surface area contributed by atoms with Crippen molar-refractivity contribution in [1.82, 2.24) is 20.2 Å². The average molecular weight is 505 g/mol. The Morgan fingerprint density at radius 1 is 1.14 bits per heavy atom. The number of hydrogen-bond donors (Lipinski definition) is 3. The number of ether oxygens (including phenoxy) is 2. The zero-order valence-corrected chi connectivity index (χ0v) is 22.7. The molecule has 8 heteroatoms. The first-order chi connectivity index (χ1) is 17.4. The van der Waals surface area contributed by atoms with E-state index < -0.39 is 0 Å². The normalized spacial score (nSPS) is 36.4. The lowest BCUT2D eigenvalue weighted by atomic mass is 9.73. The zero-order chi connectivity index (χ0) is 25.7. The van der Waals surface area contributed by atoms with E-state index >= 15 is 0 Å². The van der Waals surface area contributed by atoms with Gasteiger partial charge in [-0.1, -0.05) is 6.42 Å². The predicted molar refractivity (Wildman–Crippen MR) is 139 cm³/mol. The third-order valence-corrected chi connectivity index (χ3v) is 9.32. The molecule has 0 bridgehead atoms. The van der Waals surface area contributed by atoms with Gasteiger partial charge in [0.15, 0.2) is 0 Å².